The molecule has 2 fully saturated rings. The number of hydrogen-bond acceptors (Lipinski definition) is 7. The van der Waals surface area contributed by atoms with Gasteiger partial charge in [-0.3, -0.25) is 0 Å². The lowest BCUT2D eigenvalue weighted by Gasteiger charge is -2.26. The van der Waals surface area contributed by atoms with Gasteiger partial charge in [0.2, 0.25) is 0 Å². The molecule has 2 aromatic rings. The van der Waals surface area contributed by atoms with E-state index in [-0.39, 0.29) is 0 Å². The molecule has 2 aliphatic rings. The number of carbonyl (C=O) groups excluding carboxylic acids is 2. The first-order valence-corrected chi connectivity index (χ1v) is 14.5. The Morgan fingerprint density at radius 3 is 1.95 bits per heavy atom. The van der Waals surface area contributed by atoms with Crippen molar-refractivity contribution in [3.63, 3.8) is 0 Å². The van der Waals surface area contributed by atoms with Gasteiger partial charge in [0.25, 0.3) is 0 Å². The monoisotopic (exact) mass is 550 g/mol. The van der Waals surface area contributed by atoms with Crippen LogP contribution in [0.3, 0.4) is 0 Å². The Kier molecular flexibility index (Phi) is 11.2. The number of hydrogen-bond donors (Lipinski definition) is 0. The van der Waals surface area contributed by atoms with Crippen molar-refractivity contribution >= 4 is 11.9 Å². The molecule has 0 unspecified atom stereocenters. The van der Waals surface area contributed by atoms with Gasteiger partial charge in [0, 0.05) is 5.56 Å². The molecule has 7 nitrogen and oxygen atoms in total. The maximum atomic E-state index is 12.0. The minimum absolute atomic E-state index is 0.574. The van der Waals surface area contributed by atoms with Crippen LogP contribution < -0.4 is 4.74 Å². The van der Waals surface area contributed by atoms with E-state index in [1.54, 1.807) is 0 Å². The summed E-state index contributed by atoms with van der Waals surface area (Å²) in [5.74, 6) is 1.08. The highest BCUT2D eigenvalue weighted by Gasteiger charge is 2.47. The Bertz CT molecular complexity index is 1080. The van der Waals surface area contributed by atoms with Gasteiger partial charge < -0.3 is 23.7 Å². The molecule has 216 valence electrons. The van der Waals surface area contributed by atoms with E-state index in [9.17, 15) is 9.59 Å². The van der Waals surface area contributed by atoms with E-state index in [0.29, 0.717) is 18.1 Å². The van der Waals surface area contributed by atoms with E-state index in [1.165, 1.54) is 65.6 Å². The van der Waals surface area contributed by atoms with Crippen molar-refractivity contribution < 1.29 is 33.3 Å². The second-order valence-electron chi connectivity index (χ2n) is 10.7. The zero-order chi connectivity index (χ0) is 28.3. The second kappa shape index (κ2) is 15.0. The molecule has 0 spiro atoms. The van der Waals surface area contributed by atoms with Crippen molar-refractivity contribution in [2.24, 2.45) is 11.8 Å². The fourth-order valence-electron chi connectivity index (χ4n) is 5.51. The first kappa shape index (κ1) is 29.8. The smallest absolute Gasteiger partial charge is 0.338 e. The number of ether oxygens (including phenoxy) is 5. The number of unbranched alkanes of at least 4 members (excludes halogenated alkanes) is 2. The number of esters is 2. The zero-order valence-electron chi connectivity index (χ0n) is 23.9. The van der Waals surface area contributed by atoms with Crippen LogP contribution in [0.4, 0.5) is 0 Å². The van der Waals surface area contributed by atoms with Gasteiger partial charge in [0.1, 0.15) is 12.4 Å². The average molecular weight is 551 g/mol. The Morgan fingerprint density at radius 1 is 0.825 bits per heavy atom. The lowest BCUT2D eigenvalue weighted by molar-refractivity contribution is -0.160. The van der Waals surface area contributed by atoms with Crippen LogP contribution in [0.25, 0.3) is 11.1 Å². The molecule has 0 N–H and O–H groups in total. The van der Waals surface area contributed by atoms with E-state index < -0.39 is 30.4 Å². The standard InChI is InChI=1S/C33H42O7/c1-4-5-6-8-23-10-12-24(13-11-23)9-7-22-38-28-20-18-26(19-21-28)25-14-16-27(17-15-25)33-39-29(31(34)36-2)30(40-33)32(35)37-3/h7,9,14-21,23-24,29-30,33H,4-6,8,10-13,22H2,1-3H3/t23?,24?,29-,30-/m1/s1. The van der Waals surface area contributed by atoms with Crippen LogP contribution in [0.5, 0.6) is 5.75 Å². The fourth-order valence-corrected chi connectivity index (χ4v) is 5.51. The molecule has 0 bridgehead atoms. The number of methoxy groups -OCH3 is 2. The Morgan fingerprint density at radius 2 is 1.40 bits per heavy atom. The maximum Gasteiger partial charge on any atom is 0.338 e. The highest BCUT2D eigenvalue weighted by atomic mass is 16.8. The normalized spacial score (nSPS) is 23.3. The highest BCUT2D eigenvalue weighted by molar-refractivity contribution is 5.86. The third-order valence-corrected chi connectivity index (χ3v) is 7.91. The lowest BCUT2D eigenvalue weighted by Crippen LogP contribution is -2.38. The SMILES string of the molecule is CCCCCC1CCC(C=CCOc2ccc(-c3ccc(C4O[C@@H](C(=O)OC)[C@H](C(=O)OC)O4)cc3)cc2)CC1. The van der Waals surface area contributed by atoms with Crippen LogP contribution in [0.15, 0.2) is 60.7 Å². The van der Waals surface area contributed by atoms with Gasteiger partial charge in [-0.1, -0.05) is 81.2 Å². The average Bonchev–Trinajstić information content (AvgIpc) is 3.45. The van der Waals surface area contributed by atoms with Gasteiger partial charge in [0.15, 0.2) is 18.5 Å². The summed E-state index contributed by atoms with van der Waals surface area (Å²) in [6, 6.07) is 15.6. The molecule has 0 radical (unpaired) electrons. The summed E-state index contributed by atoms with van der Waals surface area (Å²) < 4.78 is 26.8. The summed E-state index contributed by atoms with van der Waals surface area (Å²) in [5, 5.41) is 0. The van der Waals surface area contributed by atoms with Crippen molar-refractivity contribution in [3.05, 3.63) is 66.2 Å². The van der Waals surface area contributed by atoms with E-state index in [2.05, 4.69) is 19.1 Å². The minimum atomic E-state index is -1.18. The molecule has 7 heteroatoms. The summed E-state index contributed by atoms with van der Waals surface area (Å²) in [4.78, 5) is 24.1. The summed E-state index contributed by atoms with van der Waals surface area (Å²) >= 11 is 0. The molecule has 1 heterocycles. The predicted molar refractivity (Wildman–Crippen MR) is 153 cm³/mol. The minimum Gasteiger partial charge on any atom is -0.490 e. The van der Waals surface area contributed by atoms with Crippen LogP contribution in [-0.4, -0.2) is 45.0 Å². The van der Waals surface area contributed by atoms with Crippen molar-refractivity contribution in [2.75, 3.05) is 20.8 Å². The third-order valence-electron chi connectivity index (χ3n) is 7.91. The van der Waals surface area contributed by atoms with Crippen molar-refractivity contribution in [1.82, 2.24) is 0 Å². The van der Waals surface area contributed by atoms with E-state index in [0.717, 1.165) is 22.8 Å². The van der Waals surface area contributed by atoms with Gasteiger partial charge in [-0.15, -0.1) is 0 Å². The van der Waals surface area contributed by atoms with Crippen LogP contribution in [0.1, 0.15) is 70.1 Å². The predicted octanol–water partition coefficient (Wildman–Crippen LogP) is 6.80. The first-order valence-electron chi connectivity index (χ1n) is 14.5. The van der Waals surface area contributed by atoms with Crippen LogP contribution >= 0.6 is 0 Å². The highest BCUT2D eigenvalue weighted by Crippen LogP contribution is 2.34. The van der Waals surface area contributed by atoms with E-state index >= 15 is 0 Å². The molecule has 4 rings (SSSR count). The quantitative estimate of drug-likeness (QED) is 0.163. The first-order chi connectivity index (χ1) is 19.5. The van der Waals surface area contributed by atoms with Gasteiger partial charge in [-0.05, 0) is 60.8 Å². The van der Waals surface area contributed by atoms with Crippen LogP contribution in [0, 0.1) is 11.8 Å². The Labute approximate surface area is 237 Å². The van der Waals surface area contributed by atoms with Crippen molar-refractivity contribution in [2.45, 2.75) is 76.8 Å². The molecule has 1 aliphatic carbocycles. The van der Waals surface area contributed by atoms with Gasteiger partial charge in [0.05, 0.1) is 14.2 Å². The van der Waals surface area contributed by atoms with Crippen LogP contribution in [-0.2, 0) is 28.5 Å². The van der Waals surface area contributed by atoms with Gasteiger partial charge >= 0.3 is 11.9 Å². The van der Waals surface area contributed by atoms with Gasteiger partial charge in [-0.2, -0.15) is 0 Å². The van der Waals surface area contributed by atoms with Crippen molar-refractivity contribution in [3.8, 4) is 16.9 Å². The molecule has 40 heavy (non-hydrogen) atoms. The number of carbonyl (C=O) groups is 2. The second-order valence-corrected chi connectivity index (χ2v) is 10.7. The summed E-state index contributed by atoms with van der Waals surface area (Å²) in [6.45, 7) is 2.85. The Hall–Kier alpha value is -3.16. The fraction of sp³-hybridized carbons (Fsp3) is 0.515. The van der Waals surface area contributed by atoms with E-state index in [1.807, 2.05) is 48.5 Å². The maximum absolute atomic E-state index is 12.0. The topological polar surface area (TPSA) is 80.3 Å². The largest absolute Gasteiger partial charge is 0.490 e. The molecule has 0 amide bonds. The molecule has 0 aromatic heterocycles. The van der Waals surface area contributed by atoms with E-state index in [4.69, 9.17) is 23.7 Å². The number of allylic oxidation sites excluding steroid dienone is 1. The summed E-state index contributed by atoms with van der Waals surface area (Å²) in [7, 11) is 2.47. The summed E-state index contributed by atoms with van der Waals surface area (Å²) in [6.07, 6.45) is 12.1. The van der Waals surface area contributed by atoms with Gasteiger partial charge in [-0.25, -0.2) is 9.59 Å². The molecule has 2 atom stereocenters. The van der Waals surface area contributed by atoms with Crippen LogP contribution in [0.2, 0.25) is 0 Å². The number of rotatable bonds is 12. The third kappa shape index (κ3) is 7.95. The molecule has 1 saturated carbocycles. The molecular formula is C33H42O7. The summed E-state index contributed by atoms with van der Waals surface area (Å²) in [5.41, 5.74) is 2.73. The molecule has 1 saturated heterocycles. The van der Waals surface area contributed by atoms with Crippen molar-refractivity contribution in [1.29, 1.82) is 0 Å². The lowest BCUT2D eigenvalue weighted by atomic mass is 9.79. The molecular weight excluding hydrogens is 508 g/mol. The molecule has 2 aromatic carbocycles. The zero-order valence-corrected chi connectivity index (χ0v) is 23.9. The number of benzene rings is 2. The Balaban J connectivity index is 1.24. The molecule has 1 aliphatic heterocycles.